The van der Waals surface area contributed by atoms with Gasteiger partial charge in [-0.3, -0.25) is 9.78 Å². The van der Waals surface area contributed by atoms with E-state index in [4.69, 9.17) is 5.73 Å². The van der Waals surface area contributed by atoms with Gasteiger partial charge < -0.3 is 11.1 Å². The third-order valence-electron chi connectivity index (χ3n) is 2.95. The van der Waals surface area contributed by atoms with Crippen LogP contribution in [0.4, 0.5) is 11.5 Å². The number of nitrogens with two attached hydrogens (primary N) is 1. The van der Waals surface area contributed by atoms with Gasteiger partial charge in [0.05, 0.1) is 23.0 Å². The molecule has 104 valence electrons. The molecule has 0 saturated carbocycles. The number of hydrogen-bond donors (Lipinski definition) is 2. The summed E-state index contributed by atoms with van der Waals surface area (Å²) in [5.74, 6) is 0.127. The molecule has 3 aromatic rings. The van der Waals surface area contributed by atoms with Crippen molar-refractivity contribution >= 4 is 44.2 Å². The van der Waals surface area contributed by atoms with Gasteiger partial charge in [0, 0.05) is 16.1 Å². The molecule has 0 aliphatic carbocycles. The first-order valence-electron chi connectivity index (χ1n) is 6.20. The number of fused-ring (bicyclic) bond motifs is 1. The highest BCUT2D eigenvalue weighted by Gasteiger charge is 2.07. The van der Waals surface area contributed by atoms with Crippen LogP contribution in [0, 0.1) is 0 Å². The zero-order valence-corrected chi connectivity index (χ0v) is 12.5. The Hall–Kier alpha value is -2.47. The van der Waals surface area contributed by atoms with E-state index in [0.717, 1.165) is 15.4 Å². The molecule has 3 rings (SSSR count). The SMILES string of the molecule is Nc1ccc(C(=O)Nc2cnc3ccc(Br)cc3c2)cn1. The van der Waals surface area contributed by atoms with Crippen molar-refractivity contribution < 1.29 is 4.79 Å². The Kier molecular flexibility index (Phi) is 3.53. The lowest BCUT2D eigenvalue weighted by Gasteiger charge is -2.06. The second-order valence-electron chi connectivity index (χ2n) is 4.49. The smallest absolute Gasteiger partial charge is 0.257 e. The number of halogens is 1. The summed E-state index contributed by atoms with van der Waals surface area (Å²) >= 11 is 3.42. The van der Waals surface area contributed by atoms with E-state index in [9.17, 15) is 4.79 Å². The number of nitrogen functional groups attached to an aromatic ring is 1. The summed E-state index contributed by atoms with van der Waals surface area (Å²) in [5, 5.41) is 3.73. The van der Waals surface area contributed by atoms with Crippen molar-refractivity contribution in [3.05, 3.63) is 58.8 Å². The van der Waals surface area contributed by atoms with Gasteiger partial charge in [0.2, 0.25) is 0 Å². The fraction of sp³-hybridized carbons (Fsp3) is 0. The Bertz CT molecular complexity index is 818. The van der Waals surface area contributed by atoms with Crippen molar-refractivity contribution in [2.75, 3.05) is 11.1 Å². The van der Waals surface area contributed by atoms with Crippen molar-refractivity contribution in [1.29, 1.82) is 0 Å². The van der Waals surface area contributed by atoms with Crippen LogP contribution in [0.5, 0.6) is 0 Å². The fourth-order valence-electron chi connectivity index (χ4n) is 1.91. The Balaban J connectivity index is 1.87. The van der Waals surface area contributed by atoms with Gasteiger partial charge in [-0.05, 0) is 36.4 Å². The topological polar surface area (TPSA) is 80.9 Å². The van der Waals surface area contributed by atoms with Crippen LogP contribution in [0.1, 0.15) is 10.4 Å². The number of aromatic nitrogens is 2. The Morgan fingerprint density at radius 3 is 2.71 bits per heavy atom. The average molecular weight is 343 g/mol. The molecule has 2 heterocycles. The van der Waals surface area contributed by atoms with Gasteiger partial charge >= 0.3 is 0 Å². The molecule has 2 aromatic heterocycles. The molecule has 5 nitrogen and oxygen atoms in total. The van der Waals surface area contributed by atoms with Crippen LogP contribution in [0.25, 0.3) is 10.9 Å². The molecule has 21 heavy (non-hydrogen) atoms. The normalized spacial score (nSPS) is 10.5. The summed E-state index contributed by atoms with van der Waals surface area (Å²) in [4.78, 5) is 20.3. The Morgan fingerprint density at radius 2 is 1.95 bits per heavy atom. The number of hydrogen-bond acceptors (Lipinski definition) is 4. The van der Waals surface area contributed by atoms with Crippen LogP contribution in [0.15, 0.2) is 53.3 Å². The van der Waals surface area contributed by atoms with Gasteiger partial charge in [0.25, 0.3) is 5.91 Å². The van der Waals surface area contributed by atoms with Crippen LogP contribution in [0.3, 0.4) is 0 Å². The minimum atomic E-state index is -0.251. The van der Waals surface area contributed by atoms with Crippen LogP contribution >= 0.6 is 15.9 Å². The third-order valence-corrected chi connectivity index (χ3v) is 3.44. The molecule has 1 aromatic carbocycles. The molecule has 0 unspecified atom stereocenters. The molecule has 0 saturated heterocycles. The monoisotopic (exact) mass is 342 g/mol. The van der Waals surface area contributed by atoms with E-state index in [1.807, 2.05) is 24.3 Å². The Morgan fingerprint density at radius 1 is 1.10 bits per heavy atom. The number of carbonyl (C=O) groups excluding carboxylic acids is 1. The first-order valence-corrected chi connectivity index (χ1v) is 6.99. The minimum absolute atomic E-state index is 0.251. The van der Waals surface area contributed by atoms with Crippen LogP contribution in [-0.2, 0) is 0 Å². The third kappa shape index (κ3) is 3.00. The first kappa shape index (κ1) is 13.5. The molecule has 6 heteroatoms. The van der Waals surface area contributed by atoms with Gasteiger partial charge in [0.15, 0.2) is 0 Å². The predicted octanol–water partition coefficient (Wildman–Crippen LogP) is 3.23. The van der Waals surface area contributed by atoms with Gasteiger partial charge in [-0.1, -0.05) is 15.9 Å². The van der Waals surface area contributed by atoms with Gasteiger partial charge in [0.1, 0.15) is 5.82 Å². The van der Waals surface area contributed by atoms with Crippen molar-refractivity contribution in [3.63, 3.8) is 0 Å². The zero-order valence-electron chi connectivity index (χ0n) is 10.9. The van der Waals surface area contributed by atoms with Gasteiger partial charge in [-0.15, -0.1) is 0 Å². The number of anilines is 2. The van der Waals surface area contributed by atoms with E-state index in [2.05, 4.69) is 31.2 Å². The lowest BCUT2D eigenvalue weighted by molar-refractivity contribution is 0.102. The van der Waals surface area contributed by atoms with Gasteiger partial charge in [-0.2, -0.15) is 0 Å². The fourth-order valence-corrected chi connectivity index (χ4v) is 2.29. The van der Waals surface area contributed by atoms with Gasteiger partial charge in [-0.25, -0.2) is 4.98 Å². The highest BCUT2D eigenvalue weighted by molar-refractivity contribution is 9.10. The molecule has 0 bridgehead atoms. The van der Waals surface area contributed by atoms with Crippen molar-refractivity contribution in [3.8, 4) is 0 Å². The quantitative estimate of drug-likeness (QED) is 0.749. The standard InChI is InChI=1S/C15H11BrN4O/c16-11-2-3-13-10(5-11)6-12(8-18-13)20-15(21)9-1-4-14(17)19-7-9/h1-8H,(H2,17,19)(H,20,21). The largest absolute Gasteiger partial charge is 0.384 e. The van der Waals surface area contributed by atoms with Crippen molar-refractivity contribution in [2.24, 2.45) is 0 Å². The summed E-state index contributed by atoms with van der Waals surface area (Å²) in [6.07, 6.45) is 3.06. The molecule has 0 aliphatic heterocycles. The highest BCUT2D eigenvalue weighted by Crippen LogP contribution is 2.21. The molecular weight excluding hydrogens is 332 g/mol. The summed E-state index contributed by atoms with van der Waals surface area (Å²) in [5.41, 5.74) is 7.43. The minimum Gasteiger partial charge on any atom is -0.384 e. The molecule has 0 atom stereocenters. The van der Waals surface area contributed by atoms with E-state index in [1.54, 1.807) is 18.3 Å². The van der Waals surface area contributed by atoms with Crippen LogP contribution in [0.2, 0.25) is 0 Å². The van der Waals surface area contributed by atoms with E-state index in [-0.39, 0.29) is 5.91 Å². The second kappa shape index (κ2) is 5.49. The molecular formula is C15H11BrN4O. The second-order valence-corrected chi connectivity index (χ2v) is 5.40. The number of nitrogens with zero attached hydrogens (tertiary/aromatic N) is 2. The summed E-state index contributed by atoms with van der Waals surface area (Å²) in [7, 11) is 0. The first-order chi connectivity index (χ1) is 10.1. The molecule has 0 fully saturated rings. The van der Waals surface area contributed by atoms with Crippen molar-refractivity contribution in [1.82, 2.24) is 9.97 Å². The summed E-state index contributed by atoms with van der Waals surface area (Å²) in [6, 6.07) is 10.9. The maximum atomic E-state index is 12.1. The van der Waals surface area contributed by atoms with E-state index >= 15 is 0 Å². The average Bonchev–Trinajstić information content (AvgIpc) is 2.47. The van der Waals surface area contributed by atoms with Crippen molar-refractivity contribution in [2.45, 2.75) is 0 Å². The zero-order chi connectivity index (χ0) is 14.8. The molecule has 3 N–H and O–H groups in total. The lowest BCUT2D eigenvalue weighted by atomic mass is 10.2. The Labute approximate surface area is 129 Å². The lowest BCUT2D eigenvalue weighted by Crippen LogP contribution is -2.12. The van der Waals surface area contributed by atoms with Crippen LogP contribution in [-0.4, -0.2) is 15.9 Å². The maximum absolute atomic E-state index is 12.1. The number of nitrogens with one attached hydrogen (secondary N) is 1. The molecule has 0 spiro atoms. The van der Waals surface area contributed by atoms with E-state index in [0.29, 0.717) is 17.1 Å². The number of carbonyl (C=O) groups is 1. The maximum Gasteiger partial charge on any atom is 0.257 e. The molecule has 0 radical (unpaired) electrons. The summed E-state index contributed by atoms with van der Waals surface area (Å²) in [6.45, 7) is 0. The predicted molar refractivity (Wildman–Crippen MR) is 86.0 cm³/mol. The number of amides is 1. The van der Waals surface area contributed by atoms with E-state index in [1.165, 1.54) is 6.20 Å². The van der Waals surface area contributed by atoms with E-state index < -0.39 is 0 Å². The number of pyridine rings is 2. The molecule has 0 aliphatic rings. The van der Waals surface area contributed by atoms with Crippen LogP contribution < -0.4 is 11.1 Å². The molecule has 1 amide bonds. The number of rotatable bonds is 2. The highest BCUT2D eigenvalue weighted by atomic mass is 79.9. The summed E-state index contributed by atoms with van der Waals surface area (Å²) < 4.78 is 0.961. The number of benzene rings is 1.